The highest BCUT2D eigenvalue weighted by Gasteiger charge is 2.19. The lowest BCUT2D eigenvalue weighted by Gasteiger charge is -2.18. The second kappa shape index (κ2) is 13.5. The molecule has 230 valence electrons. The largest absolute Gasteiger partial charge is 0.494 e. The number of aromatic nitrogens is 2. The Morgan fingerprint density at radius 2 is 1.76 bits per heavy atom. The Balaban J connectivity index is 1.54. The minimum Gasteiger partial charge on any atom is -0.494 e. The highest BCUT2D eigenvalue weighted by atomic mass is 35.5. The Morgan fingerprint density at radius 3 is 2.44 bits per heavy atom. The van der Waals surface area contributed by atoms with Crippen molar-refractivity contribution in [2.24, 2.45) is 5.10 Å². The van der Waals surface area contributed by atoms with Crippen LogP contribution >= 0.6 is 23.2 Å². The van der Waals surface area contributed by atoms with E-state index < -0.39 is 4.92 Å². The molecule has 0 spiro atoms. The molecule has 5 aromatic rings. The van der Waals surface area contributed by atoms with Crippen molar-refractivity contribution in [2.45, 2.75) is 40.2 Å². The number of hydrogen-bond donors (Lipinski definition) is 0. The van der Waals surface area contributed by atoms with Gasteiger partial charge in [0, 0.05) is 17.7 Å². The number of para-hydroxylation sites is 1. The number of hydrogen-bond acceptors (Lipinski definition) is 7. The number of nitro benzene ring substituents is 1. The molecule has 0 bridgehead atoms. The Kier molecular flexibility index (Phi) is 9.51. The number of halogens is 2. The number of non-ortho nitro benzene ring substituents is 1. The zero-order valence-corrected chi connectivity index (χ0v) is 26.6. The van der Waals surface area contributed by atoms with Crippen LogP contribution in [0.5, 0.6) is 11.5 Å². The molecule has 0 saturated heterocycles. The molecule has 0 fully saturated rings. The normalized spacial score (nSPS) is 11.4. The average molecular weight is 646 g/mol. The molecular formula is C34H30Cl2N4O5. The molecule has 0 amide bonds. The Hall–Kier alpha value is -4.73. The summed E-state index contributed by atoms with van der Waals surface area (Å²) in [7, 11) is 0. The zero-order valence-electron chi connectivity index (χ0n) is 25.1. The van der Waals surface area contributed by atoms with E-state index in [9.17, 15) is 14.9 Å². The molecule has 11 heteroatoms. The van der Waals surface area contributed by atoms with Crippen LogP contribution in [0.1, 0.15) is 48.9 Å². The predicted octanol–water partition coefficient (Wildman–Crippen LogP) is 8.57. The fourth-order valence-electron chi connectivity index (χ4n) is 4.91. The third-order valence-electron chi connectivity index (χ3n) is 7.12. The van der Waals surface area contributed by atoms with Crippen molar-refractivity contribution in [3.8, 4) is 22.9 Å². The molecule has 9 nitrogen and oxygen atoms in total. The van der Waals surface area contributed by atoms with Crippen molar-refractivity contribution in [3.05, 3.63) is 126 Å². The van der Waals surface area contributed by atoms with Crippen LogP contribution in [0.4, 0.5) is 5.69 Å². The van der Waals surface area contributed by atoms with Gasteiger partial charge in [0.15, 0.2) is 11.6 Å². The van der Waals surface area contributed by atoms with Gasteiger partial charge >= 0.3 is 0 Å². The van der Waals surface area contributed by atoms with Crippen LogP contribution in [0.25, 0.3) is 22.3 Å². The summed E-state index contributed by atoms with van der Waals surface area (Å²) in [6.45, 7) is 8.62. The molecule has 0 aliphatic rings. The average Bonchev–Trinajstić information content (AvgIpc) is 3.00. The van der Waals surface area contributed by atoms with Gasteiger partial charge < -0.3 is 9.47 Å². The molecule has 1 heterocycles. The highest BCUT2D eigenvalue weighted by molar-refractivity contribution is 6.37. The standard InChI is InChI=1S/C34H30Cl2N4O5/c1-5-44-31-13-21(4)27(17-26(31)20(2)3)33-38-30-12-7-6-11-25(30)34(41)39(33)37-18-23-15-28(35)32(29(36)16-23)45-19-22-9-8-10-24(14-22)40(42)43/h6-18,20H,5,19H2,1-4H3. The van der Waals surface area contributed by atoms with E-state index >= 15 is 0 Å². The Morgan fingerprint density at radius 1 is 1.02 bits per heavy atom. The maximum Gasteiger partial charge on any atom is 0.282 e. The third kappa shape index (κ3) is 6.84. The SMILES string of the molecule is CCOc1cc(C)c(-c2nc3ccccc3c(=O)n2N=Cc2cc(Cl)c(OCc3cccc([N+](=O)[O-])c3)c(Cl)c2)cc1C(C)C. The lowest BCUT2D eigenvalue weighted by Crippen LogP contribution is -2.21. The molecule has 0 aliphatic carbocycles. The maximum absolute atomic E-state index is 13.8. The number of rotatable bonds is 10. The first-order chi connectivity index (χ1) is 21.6. The first-order valence-corrected chi connectivity index (χ1v) is 15.0. The van der Waals surface area contributed by atoms with Crippen LogP contribution in [-0.4, -0.2) is 27.4 Å². The fraction of sp³-hybridized carbons (Fsp3) is 0.206. The molecule has 0 N–H and O–H groups in total. The summed E-state index contributed by atoms with van der Waals surface area (Å²) in [4.78, 5) is 29.3. The van der Waals surface area contributed by atoms with Crippen molar-refractivity contribution in [1.29, 1.82) is 0 Å². The number of fused-ring (bicyclic) bond motifs is 1. The number of aryl methyl sites for hydroxylation is 1. The van der Waals surface area contributed by atoms with Crippen molar-refractivity contribution < 1.29 is 14.4 Å². The second-order valence-electron chi connectivity index (χ2n) is 10.6. The molecule has 0 atom stereocenters. The molecule has 0 saturated carbocycles. The fourth-order valence-corrected chi connectivity index (χ4v) is 5.52. The summed E-state index contributed by atoms with van der Waals surface area (Å²) in [6.07, 6.45) is 1.48. The topological polar surface area (TPSA) is 109 Å². The predicted molar refractivity (Wildman–Crippen MR) is 178 cm³/mol. The summed E-state index contributed by atoms with van der Waals surface area (Å²) < 4.78 is 13.0. The third-order valence-corrected chi connectivity index (χ3v) is 7.68. The molecule has 0 radical (unpaired) electrons. The van der Waals surface area contributed by atoms with Crippen LogP contribution in [0.15, 0.2) is 82.7 Å². The quantitative estimate of drug-likeness (QED) is 0.0855. The van der Waals surface area contributed by atoms with Gasteiger partial charge in [-0.1, -0.05) is 61.3 Å². The lowest BCUT2D eigenvalue weighted by atomic mass is 9.96. The number of benzene rings is 4. The second-order valence-corrected chi connectivity index (χ2v) is 11.5. The van der Waals surface area contributed by atoms with Crippen molar-refractivity contribution in [2.75, 3.05) is 6.61 Å². The van der Waals surface area contributed by atoms with Crippen LogP contribution < -0.4 is 15.0 Å². The molecule has 1 aromatic heterocycles. The lowest BCUT2D eigenvalue weighted by molar-refractivity contribution is -0.384. The molecule has 0 unspecified atom stereocenters. The van der Waals surface area contributed by atoms with Crippen molar-refractivity contribution >= 4 is 46.0 Å². The van der Waals surface area contributed by atoms with Crippen molar-refractivity contribution in [1.82, 2.24) is 9.66 Å². The van der Waals surface area contributed by atoms with Crippen LogP contribution in [0.2, 0.25) is 10.0 Å². The van der Waals surface area contributed by atoms with E-state index in [2.05, 4.69) is 18.9 Å². The van der Waals surface area contributed by atoms with Gasteiger partial charge in [-0.05, 0) is 78.4 Å². The Bertz CT molecular complexity index is 1980. The van der Waals surface area contributed by atoms with Gasteiger partial charge in [0.2, 0.25) is 0 Å². The maximum atomic E-state index is 13.8. The van der Waals surface area contributed by atoms with Crippen LogP contribution in [0, 0.1) is 17.0 Å². The summed E-state index contributed by atoms with van der Waals surface area (Å²) in [5, 5.41) is 16.5. The zero-order chi connectivity index (χ0) is 32.2. The summed E-state index contributed by atoms with van der Waals surface area (Å²) in [6, 6.07) is 20.4. The summed E-state index contributed by atoms with van der Waals surface area (Å²) in [5.74, 6) is 1.56. The molecule has 4 aromatic carbocycles. The number of ether oxygens (including phenoxy) is 2. The highest BCUT2D eigenvalue weighted by Crippen LogP contribution is 2.36. The molecule has 5 rings (SSSR count). The van der Waals surface area contributed by atoms with E-state index in [1.807, 2.05) is 32.0 Å². The number of nitrogens with zero attached hydrogens (tertiary/aromatic N) is 4. The summed E-state index contributed by atoms with van der Waals surface area (Å²) >= 11 is 13.1. The minimum absolute atomic E-state index is 0.0237. The van der Waals surface area contributed by atoms with Gasteiger partial charge in [-0.15, -0.1) is 0 Å². The van der Waals surface area contributed by atoms with E-state index in [1.165, 1.54) is 23.0 Å². The van der Waals surface area contributed by atoms with E-state index in [4.69, 9.17) is 37.7 Å². The molecule has 0 aliphatic heterocycles. The van der Waals surface area contributed by atoms with Gasteiger partial charge in [-0.3, -0.25) is 14.9 Å². The molecular weight excluding hydrogens is 615 g/mol. The van der Waals surface area contributed by atoms with Gasteiger partial charge in [0.25, 0.3) is 11.2 Å². The van der Waals surface area contributed by atoms with E-state index in [1.54, 1.807) is 42.5 Å². The van der Waals surface area contributed by atoms with E-state index in [0.29, 0.717) is 34.5 Å². The van der Waals surface area contributed by atoms with E-state index in [0.717, 1.165) is 22.4 Å². The van der Waals surface area contributed by atoms with Gasteiger partial charge in [0.1, 0.15) is 12.4 Å². The van der Waals surface area contributed by atoms with Crippen LogP contribution in [0.3, 0.4) is 0 Å². The monoisotopic (exact) mass is 644 g/mol. The van der Waals surface area contributed by atoms with E-state index in [-0.39, 0.29) is 39.6 Å². The van der Waals surface area contributed by atoms with Gasteiger partial charge in [0.05, 0.1) is 38.7 Å². The summed E-state index contributed by atoms with van der Waals surface area (Å²) in [5.41, 5.74) is 3.91. The van der Waals surface area contributed by atoms with Crippen molar-refractivity contribution in [3.63, 3.8) is 0 Å². The smallest absolute Gasteiger partial charge is 0.282 e. The Labute approximate surface area is 269 Å². The van der Waals surface area contributed by atoms with Gasteiger partial charge in [-0.2, -0.15) is 9.78 Å². The first kappa shape index (κ1) is 31.7. The van der Waals surface area contributed by atoms with Gasteiger partial charge in [-0.25, -0.2) is 4.98 Å². The number of nitro groups is 1. The first-order valence-electron chi connectivity index (χ1n) is 14.3. The van der Waals surface area contributed by atoms with Crippen LogP contribution in [-0.2, 0) is 6.61 Å². The minimum atomic E-state index is -0.472. The molecule has 45 heavy (non-hydrogen) atoms.